The molecule has 27 heavy (non-hydrogen) atoms. The Morgan fingerprint density at radius 1 is 1.22 bits per heavy atom. The van der Waals surface area contributed by atoms with E-state index in [1.165, 1.54) is 12.1 Å². The van der Waals surface area contributed by atoms with Gasteiger partial charge in [0.2, 0.25) is 0 Å². The molecule has 3 rings (SSSR count). The Balaban J connectivity index is 1.59. The lowest BCUT2D eigenvalue weighted by atomic mass is 10.1. The molecule has 1 saturated heterocycles. The molecular formula is C20H27FN4O2. The minimum absolute atomic E-state index is 0.194. The highest BCUT2D eigenvalue weighted by atomic mass is 19.1. The summed E-state index contributed by atoms with van der Waals surface area (Å²) in [6, 6.07) is 7.71. The van der Waals surface area contributed by atoms with Crippen molar-refractivity contribution in [2.75, 3.05) is 39.8 Å². The molecule has 1 aliphatic rings. The summed E-state index contributed by atoms with van der Waals surface area (Å²) >= 11 is 0. The van der Waals surface area contributed by atoms with E-state index in [1.54, 1.807) is 30.1 Å². The van der Waals surface area contributed by atoms with Crippen LogP contribution in [-0.2, 0) is 6.54 Å². The number of piperazine rings is 1. The van der Waals surface area contributed by atoms with Crippen molar-refractivity contribution in [3.8, 4) is 0 Å². The number of carbonyl (C=O) groups excluding carboxylic acids is 1. The molecule has 0 saturated carbocycles. The maximum Gasteiger partial charge on any atom is 0.276 e. The molecule has 1 amide bonds. The summed E-state index contributed by atoms with van der Waals surface area (Å²) in [6.07, 6.45) is 0. The molecule has 0 unspecified atom stereocenters. The summed E-state index contributed by atoms with van der Waals surface area (Å²) in [5.41, 5.74) is 1.17. The Hall–Kier alpha value is -2.25. The summed E-state index contributed by atoms with van der Waals surface area (Å²) in [7, 11) is 1.72. The van der Waals surface area contributed by atoms with Crippen molar-refractivity contribution in [2.24, 2.45) is 0 Å². The molecule has 6 nitrogen and oxygen atoms in total. The van der Waals surface area contributed by atoms with Crippen LogP contribution in [0.5, 0.6) is 0 Å². The first-order valence-electron chi connectivity index (χ1n) is 9.41. The summed E-state index contributed by atoms with van der Waals surface area (Å²) in [5, 5.41) is 3.96. The number of rotatable bonds is 6. The first kappa shape index (κ1) is 19.5. The predicted molar refractivity (Wildman–Crippen MR) is 101 cm³/mol. The van der Waals surface area contributed by atoms with Gasteiger partial charge in [-0.2, -0.15) is 0 Å². The lowest BCUT2D eigenvalue weighted by molar-refractivity contribution is 0.0731. The van der Waals surface area contributed by atoms with Crippen LogP contribution in [0.4, 0.5) is 4.39 Å². The van der Waals surface area contributed by atoms with Gasteiger partial charge in [-0.3, -0.25) is 9.69 Å². The zero-order chi connectivity index (χ0) is 19.4. The van der Waals surface area contributed by atoms with Gasteiger partial charge in [-0.25, -0.2) is 4.39 Å². The van der Waals surface area contributed by atoms with Gasteiger partial charge in [0.05, 0.1) is 12.6 Å². The van der Waals surface area contributed by atoms with E-state index in [1.807, 2.05) is 6.92 Å². The molecule has 146 valence electrons. The number of amides is 1. The molecule has 2 heterocycles. The Labute approximate surface area is 159 Å². The number of benzene rings is 1. The maximum atomic E-state index is 13.1. The third kappa shape index (κ3) is 4.73. The van der Waals surface area contributed by atoms with E-state index < -0.39 is 0 Å². The number of halogens is 1. The van der Waals surface area contributed by atoms with Gasteiger partial charge in [0.1, 0.15) is 5.82 Å². The quantitative estimate of drug-likeness (QED) is 0.778. The van der Waals surface area contributed by atoms with Crippen LogP contribution in [0.15, 0.2) is 34.9 Å². The average molecular weight is 374 g/mol. The first-order valence-corrected chi connectivity index (χ1v) is 9.41. The zero-order valence-electron chi connectivity index (χ0n) is 16.2. The Bertz CT molecular complexity index is 754. The van der Waals surface area contributed by atoms with Gasteiger partial charge in [-0.15, -0.1) is 0 Å². The van der Waals surface area contributed by atoms with Gasteiger partial charge in [0.25, 0.3) is 5.91 Å². The Morgan fingerprint density at radius 2 is 1.85 bits per heavy atom. The van der Waals surface area contributed by atoms with Crippen LogP contribution in [0, 0.1) is 5.82 Å². The first-order chi connectivity index (χ1) is 13.0. The van der Waals surface area contributed by atoms with Crippen molar-refractivity contribution in [1.82, 2.24) is 19.9 Å². The number of hydrogen-bond donors (Lipinski definition) is 0. The highest BCUT2D eigenvalue weighted by Gasteiger charge is 2.23. The number of hydrogen-bond acceptors (Lipinski definition) is 5. The van der Waals surface area contributed by atoms with Crippen LogP contribution in [0.2, 0.25) is 0 Å². The second-order valence-corrected chi connectivity index (χ2v) is 7.03. The summed E-state index contributed by atoms with van der Waals surface area (Å²) in [5.74, 6) is 0.199. The highest BCUT2D eigenvalue weighted by molar-refractivity contribution is 5.92. The topological polar surface area (TPSA) is 52.8 Å². The molecule has 1 atom stereocenters. The van der Waals surface area contributed by atoms with E-state index in [4.69, 9.17) is 4.52 Å². The molecule has 1 aromatic heterocycles. The lowest BCUT2D eigenvalue weighted by Gasteiger charge is -2.33. The molecule has 1 aromatic carbocycles. The fraction of sp³-hybridized carbons (Fsp3) is 0.500. The molecule has 0 aliphatic carbocycles. The third-order valence-electron chi connectivity index (χ3n) is 5.32. The van der Waals surface area contributed by atoms with E-state index in [0.29, 0.717) is 18.0 Å². The van der Waals surface area contributed by atoms with E-state index in [9.17, 15) is 9.18 Å². The molecule has 7 heteroatoms. The van der Waals surface area contributed by atoms with Crippen molar-refractivity contribution < 1.29 is 13.7 Å². The van der Waals surface area contributed by atoms with Crippen LogP contribution in [-0.4, -0.2) is 65.5 Å². The number of aromatic nitrogens is 1. The summed E-state index contributed by atoms with van der Waals surface area (Å²) < 4.78 is 18.5. The van der Waals surface area contributed by atoms with Crippen LogP contribution < -0.4 is 0 Å². The van der Waals surface area contributed by atoms with E-state index in [2.05, 4.69) is 21.9 Å². The normalized spacial score (nSPS) is 17.0. The van der Waals surface area contributed by atoms with Crippen molar-refractivity contribution in [3.05, 3.63) is 53.2 Å². The average Bonchev–Trinajstić information content (AvgIpc) is 3.16. The standard InChI is InChI=1S/C20H27FN4O2/c1-4-24-9-11-25(12-10-24)14-18-13-19(22-27-18)20(26)23(3)15(2)16-5-7-17(21)8-6-16/h5-8,13,15H,4,9-12,14H2,1-3H3/t15-/m1/s1. The SMILES string of the molecule is CCN1CCN(Cc2cc(C(=O)N(C)[C@H](C)c3ccc(F)cc3)no2)CC1. The molecule has 1 aliphatic heterocycles. The monoisotopic (exact) mass is 374 g/mol. The Kier molecular flexibility index (Phi) is 6.23. The summed E-state index contributed by atoms with van der Waals surface area (Å²) in [6.45, 7) is 9.89. The molecule has 2 aromatic rings. The fourth-order valence-electron chi connectivity index (χ4n) is 3.29. The number of carbonyl (C=O) groups is 1. The molecule has 0 N–H and O–H groups in total. The lowest BCUT2D eigenvalue weighted by Crippen LogP contribution is -2.45. The maximum absolute atomic E-state index is 13.1. The third-order valence-corrected chi connectivity index (χ3v) is 5.32. The second kappa shape index (κ2) is 8.63. The molecule has 0 radical (unpaired) electrons. The van der Waals surface area contributed by atoms with Gasteiger partial charge in [-0.05, 0) is 31.2 Å². The number of nitrogens with zero attached hydrogens (tertiary/aromatic N) is 4. The van der Waals surface area contributed by atoms with E-state index in [-0.39, 0.29) is 17.8 Å². The van der Waals surface area contributed by atoms with E-state index in [0.717, 1.165) is 38.3 Å². The predicted octanol–water partition coefficient (Wildman–Crippen LogP) is 2.78. The van der Waals surface area contributed by atoms with Gasteiger partial charge in [0.15, 0.2) is 11.5 Å². The van der Waals surface area contributed by atoms with Crippen LogP contribution in [0.3, 0.4) is 0 Å². The minimum Gasteiger partial charge on any atom is -0.359 e. The van der Waals surface area contributed by atoms with Crippen molar-refractivity contribution in [3.63, 3.8) is 0 Å². The van der Waals surface area contributed by atoms with Crippen LogP contribution in [0.25, 0.3) is 0 Å². The number of likely N-dealkylation sites (N-methyl/N-ethyl adjacent to an activating group) is 1. The van der Waals surface area contributed by atoms with Crippen LogP contribution in [0.1, 0.15) is 41.7 Å². The highest BCUT2D eigenvalue weighted by Crippen LogP contribution is 2.21. The van der Waals surface area contributed by atoms with Gasteiger partial charge in [0, 0.05) is 39.3 Å². The van der Waals surface area contributed by atoms with Gasteiger partial charge < -0.3 is 14.3 Å². The zero-order valence-corrected chi connectivity index (χ0v) is 16.2. The van der Waals surface area contributed by atoms with Crippen molar-refractivity contribution >= 4 is 5.91 Å². The largest absolute Gasteiger partial charge is 0.359 e. The molecule has 0 spiro atoms. The molecular weight excluding hydrogens is 347 g/mol. The van der Waals surface area contributed by atoms with Crippen LogP contribution >= 0.6 is 0 Å². The minimum atomic E-state index is -0.291. The van der Waals surface area contributed by atoms with E-state index >= 15 is 0 Å². The summed E-state index contributed by atoms with van der Waals surface area (Å²) in [4.78, 5) is 19.0. The van der Waals surface area contributed by atoms with Gasteiger partial charge in [-0.1, -0.05) is 24.2 Å². The van der Waals surface area contributed by atoms with Crippen molar-refractivity contribution in [1.29, 1.82) is 0 Å². The molecule has 0 bridgehead atoms. The smallest absolute Gasteiger partial charge is 0.276 e. The van der Waals surface area contributed by atoms with Crippen molar-refractivity contribution in [2.45, 2.75) is 26.4 Å². The van der Waals surface area contributed by atoms with Gasteiger partial charge >= 0.3 is 0 Å². The molecule has 1 fully saturated rings. The fourth-order valence-corrected chi connectivity index (χ4v) is 3.29. The second-order valence-electron chi connectivity index (χ2n) is 7.03. The Morgan fingerprint density at radius 3 is 2.48 bits per heavy atom.